The molecular weight excluding hydrogens is 423 g/mol. The lowest BCUT2D eigenvalue weighted by molar-refractivity contribution is -0.126. The normalized spacial score (nSPS) is 15.3. The standard InChI is InChI=1S/C22H22Cl2N4O2/c23-18-7-6-17(19(24)12-18)13-25-22(29)16-8-10-28(11-9-16)14-20-26-21(27-30-20)15-4-2-1-3-5-15/h1-7,12,16H,8-11,13-14H2,(H,25,29). The van der Waals surface area contributed by atoms with E-state index in [-0.39, 0.29) is 11.8 Å². The Hall–Kier alpha value is -2.41. The summed E-state index contributed by atoms with van der Waals surface area (Å²) in [6.07, 6.45) is 1.58. The Morgan fingerprint density at radius 2 is 1.90 bits per heavy atom. The van der Waals surface area contributed by atoms with Crippen LogP contribution in [-0.4, -0.2) is 34.0 Å². The fraction of sp³-hybridized carbons (Fsp3) is 0.318. The molecule has 2 aromatic carbocycles. The highest BCUT2D eigenvalue weighted by atomic mass is 35.5. The zero-order valence-electron chi connectivity index (χ0n) is 16.4. The molecule has 0 bridgehead atoms. The summed E-state index contributed by atoms with van der Waals surface area (Å²) in [5, 5.41) is 8.20. The van der Waals surface area contributed by atoms with Gasteiger partial charge in [-0.1, -0.05) is 64.8 Å². The third kappa shape index (κ3) is 5.19. The number of nitrogens with zero attached hydrogens (tertiary/aromatic N) is 3. The van der Waals surface area contributed by atoms with Crippen LogP contribution in [-0.2, 0) is 17.9 Å². The van der Waals surface area contributed by atoms with Crippen molar-refractivity contribution in [2.75, 3.05) is 13.1 Å². The lowest BCUT2D eigenvalue weighted by Crippen LogP contribution is -2.40. The first-order chi connectivity index (χ1) is 14.6. The monoisotopic (exact) mass is 444 g/mol. The molecule has 4 rings (SSSR count). The fourth-order valence-electron chi connectivity index (χ4n) is 3.56. The van der Waals surface area contributed by atoms with Crippen LogP contribution < -0.4 is 5.32 Å². The third-order valence-electron chi connectivity index (χ3n) is 5.29. The van der Waals surface area contributed by atoms with Crippen molar-refractivity contribution in [2.24, 2.45) is 5.92 Å². The predicted octanol–water partition coefficient (Wildman–Crippen LogP) is 4.57. The van der Waals surface area contributed by atoms with Crippen LogP contribution in [0.5, 0.6) is 0 Å². The SMILES string of the molecule is O=C(NCc1ccc(Cl)cc1Cl)C1CCN(Cc2nc(-c3ccccc3)no2)CC1. The summed E-state index contributed by atoms with van der Waals surface area (Å²) in [7, 11) is 0. The first kappa shape index (κ1) is 20.8. The second kappa shape index (κ2) is 9.60. The average Bonchev–Trinajstić information content (AvgIpc) is 3.22. The number of amides is 1. The quantitative estimate of drug-likeness (QED) is 0.602. The summed E-state index contributed by atoms with van der Waals surface area (Å²) in [4.78, 5) is 19.3. The van der Waals surface area contributed by atoms with E-state index >= 15 is 0 Å². The van der Waals surface area contributed by atoms with E-state index in [4.69, 9.17) is 27.7 Å². The minimum atomic E-state index is -0.00473. The van der Waals surface area contributed by atoms with E-state index in [9.17, 15) is 4.79 Å². The molecular formula is C22H22Cl2N4O2. The van der Waals surface area contributed by atoms with E-state index in [2.05, 4.69) is 20.4 Å². The number of aromatic nitrogens is 2. The van der Waals surface area contributed by atoms with Crippen molar-refractivity contribution in [3.63, 3.8) is 0 Å². The van der Waals surface area contributed by atoms with Crippen molar-refractivity contribution < 1.29 is 9.32 Å². The molecule has 3 aromatic rings. The van der Waals surface area contributed by atoms with Crippen molar-refractivity contribution in [1.82, 2.24) is 20.4 Å². The van der Waals surface area contributed by atoms with E-state index in [1.165, 1.54) is 0 Å². The van der Waals surface area contributed by atoms with Gasteiger partial charge in [0.1, 0.15) is 0 Å². The molecule has 1 aromatic heterocycles. The van der Waals surface area contributed by atoms with Crippen molar-refractivity contribution >= 4 is 29.1 Å². The van der Waals surface area contributed by atoms with Gasteiger partial charge in [-0.25, -0.2) is 0 Å². The highest BCUT2D eigenvalue weighted by Gasteiger charge is 2.26. The number of hydrogen-bond donors (Lipinski definition) is 1. The highest BCUT2D eigenvalue weighted by molar-refractivity contribution is 6.35. The Kier molecular flexibility index (Phi) is 6.67. The van der Waals surface area contributed by atoms with Crippen LogP contribution >= 0.6 is 23.2 Å². The second-order valence-corrected chi connectivity index (χ2v) is 8.23. The van der Waals surface area contributed by atoms with Crippen LogP contribution in [0.15, 0.2) is 53.1 Å². The lowest BCUT2D eigenvalue weighted by Gasteiger charge is -2.30. The average molecular weight is 445 g/mol. The van der Waals surface area contributed by atoms with Crippen LogP contribution in [0.2, 0.25) is 10.0 Å². The van der Waals surface area contributed by atoms with Crippen LogP contribution in [0.25, 0.3) is 11.4 Å². The Morgan fingerprint density at radius 1 is 1.13 bits per heavy atom. The third-order valence-corrected chi connectivity index (χ3v) is 5.87. The first-order valence-corrected chi connectivity index (χ1v) is 10.7. The maximum Gasteiger partial charge on any atom is 0.241 e. The van der Waals surface area contributed by atoms with Crippen molar-refractivity contribution in [3.05, 3.63) is 70.0 Å². The number of halogens is 2. The molecule has 1 fully saturated rings. The summed E-state index contributed by atoms with van der Waals surface area (Å²) < 4.78 is 5.40. The van der Waals surface area contributed by atoms with E-state index in [1.54, 1.807) is 12.1 Å². The number of piperidine rings is 1. The van der Waals surface area contributed by atoms with Crippen LogP contribution in [0.1, 0.15) is 24.3 Å². The van der Waals surface area contributed by atoms with Gasteiger partial charge in [0.15, 0.2) is 0 Å². The van der Waals surface area contributed by atoms with Crippen LogP contribution in [0.4, 0.5) is 0 Å². The summed E-state index contributed by atoms with van der Waals surface area (Å²) in [5.41, 5.74) is 1.79. The van der Waals surface area contributed by atoms with Gasteiger partial charge in [0.2, 0.25) is 17.6 Å². The molecule has 0 unspecified atom stereocenters. The minimum Gasteiger partial charge on any atom is -0.352 e. The molecule has 2 heterocycles. The Morgan fingerprint density at radius 3 is 2.63 bits per heavy atom. The van der Waals surface area contributed by atoms with Gasteiger partial charge in [0.25, 0.3) is 0 Å². The molecule has 1 N–H and O–H groups in total. The van der Waals surface area contributed by atoms with Gasteiger partial charge >= 0.3 is 0 Å². The largest absolute Gasteiger partial charge is 0.352 e. The highest BCUT2D eigenvalue weighted by Crippen LogP contribution is 2.23. The van der Waals surface area contributed by atoms with Crippen LogP contribution in [0, 0.1) is 5.92 Å². The minimum absolute atomic E-state index is 0.00473. The lowest BCUT2D eigenvalue weighted by atomic mass is 9.96. The molecule has 0 radical (unpaired) electrons. The van der Waals surface area contributed by atoms with Crippen molar-refractivity contribution in [1.29, 1.82) is 0 Å². The zero-order chi connectivity index (χ0) is 20.9. The summed E-state index contributed by atoms with van der Waals surface area (Å²) in [6.45, 7) is 2.61. The number of rotatable bonds is 6. The number of hydrogen-bond acceptors (Lipinski definition) is 5. The zero-order valence-corrected chi connectivity index (χ0v) is 17.9. The molecule has 1 saturated heterocycles. The Bertz CT molecular complexity index is 1000. The molecule has 1 aliphatic rings. The van der Waals surface area contributed by atoms with E-state index in [0.717, 1.165) is 37.1 Å². The molecule has 0 atom stereocenters. The second-order valence-electron chi connectivity index (χ2n) is 7.38. The van der Waals surface area contributed by atoms with E-state index < -0.39 is 0 Å². The Balaban J connectivity index is 1.25. The molecule has 156 valence electrons. The summed E-state index contributed by atoms with van der Waals surface area (Å²) in [6, 6.07) is 15.0. The van der Waals surface area contributed by atoms with Crippen LogP contribution in [0.3, 0.4) is 0 Å². The van der Waals surface area contributed by atoms with Gasteiger partial charge in [-0.15, -0.1) is 0 Å². The smallest absolute Gasteiger partial charge is 0.241 e. The molecule has 1 amide bonds. The number of benzene rings is 2. The molecule has 1 aliphatic heterocycles. The van der Waals surface area contributed by atoms with Gasteiger partial charge < -0.3 is 9.84 Å². The van der Waals surface area contributed by atoms with E-state index in [0.29, 0.717) is 34.8 Å². The first-order valence-electron chi connectivity index (χ1n) is 9.90. The maximum absolute atomic E-state index is 12.5. The molecule has 30 heavy (non-hydrogen) atoms. The van der Waals surface area contributed by atoms with Crippen molar-refractivity contribution in [3.8, 4) is 11.4 Å². The number of likely N-dealkylation sites (tertiary alicyclic amines) is 1. The van der Waals surface area contributed by atoms with Gasteiger partial charge in [-0.2, -0.15) is 4.98 Å². The summed E-state index contributed by atoms with van der Waals surface area (Å²) in [5.74, 6) is 1.24. The Labute approximate surface area is 185 Å². The number of nitrogens with one attached hydrogen (secondary N) is 1. The maximum atomic E-state index is 12.5. The van der Waals surface area contributed by atoms with E-state index in [1.807, 2.05) is 36.4 Å². The molecule has 0 saturated carbocycles. The molecule has 6 nitrogen and oxygen atoms in total. The fourth-order valence-corrected chi connectivity index (χ4v) is 4.04. The number of carbonyl (C=O) groups is 1. The van der Waals surface area contributed by atoms with Crippen molar-refractivity contribution in [2.45, 2.75) is 25.9 Å². The van der Waals surface area contributed by atoms with Gasteiger partial charge in [-0.3, -0.25) is 9.69 Å². The van der Waals surface area contributed by atoms with Gasteiger partial charge in [-0.05, 0) is 43.6 Å². The molecule has 0 spiro atoms. The number of carbonyl (C=O) groups excluding carboxylic acids is 1. The molecule has 8 heteroatoms. The van der Waals surface area contributed by atoms with Gasteiger partial charge in [0.05, 0.1) is 6.54 Å². The molecule has 0 aliphatic carbocycles. The van der Waals surface area contributed by atoms with Gasteiger partial charge in [0, 0.05) is 28.1 Å². The predicted molar refractivity (Wildman–Crippen MR) is 116 cm³/mol. The topological polar surface area (TPSA) is 71.3 Å². The summed E-state index contributed by atoms with van der Waals surface area (Å²) >= 11 is 12.1.